The summed E-state index contributed by atoms with van der Waals surface area (Å²) in [5.74, 6) is 2.45. The van der Waals surface area contributed by atoms with Crippen molar-refractivity contribution in [1.29, 1.82) is 0 Å². The van der Waals surface area contributed by atoms with Gasteiger partial charge in [0.05, 0.1) is 0 Å². The van der Waals surface area contributed by atoms with Crippen molar-refractivity contribution in [3.8, 4) is 0 Å². The van der Waals surface area contributed by atoms with Crippen LogP contribution in [0.25, 0.3) is 0 Å². The average Bonchev–Trinajstić information content (AvgIpc) is 2.14. The monoisotopic (exact) mass is 208 g/mol. The molecule has 3 saturated carbocycles. The van der Waals surface area contributed by atoms with Crippen LogP contribution >= 0.6 is 0 Å². The Hall–Kier alpha value is -0.330. The minimum absolute atomic E-state index is 0.0214. The van der Waals surface area contributed by atoms with Crippen molar-refractivity contribution >= 4 is 5.78 Å². The molecule has 0 radical (unpaired) electrons. The number of rotatable bonds is 1. The minimum Gasteiger partial charge on any atom is -0.298 e. The van der Waals surface area contributed by atoms with Crippen molar-refractivity contribution in [3.05, 3.63) is 0 Å². The van der Waals surface area contributed by atoms with Gasteiger partial charge < -0.3 is 0 Å². The summed E-state index contributed by atoms with van der Waals surface area (Å²) in [6.45, 7) is 11.1. The minimum atomic E-state index is -0.0572. The molecule has 3 atom stereocenters. The first-order valence-corrected chi connectivity index (χ1v) is 6.35. The largest absolute Gasteiger partial charge is 0.298 e. The molecular weight excluding hydrogens is 184 g/mol. The number of ketones is 1. The average molecular weight is 208 g/mol. The third kappa shape index (κ3) is 1.31. The maximum atomic E-state index is 12.5. The van der Waals surface area contributed by atoms with E-state index >= 15 is 0 Å². The van der Waals surface area contributed by atoms with Crippen molar-refractivity contribution < 1.29 is 4.79 Å². The highest BCUT2D eigenvalue weighted by Crippen LogP contribution is 2.60. The van der Waals surface area contributed by atoms with Gasteiger partial charge in [0, 0.05) is 10.8 Å². The number of hydrogen-bond donors (Lipinski definition) is 0. The van der Waals surface area contributed by atoms with Crippen molar-refractivity contribution in [1.82, 2.24) is 0 Å². The Morgan fingerprint density at radius 2 is 1.87 bits per heavy atom. The summed E-state index contributed by atoms with van der Waals surface area (Å²) in [7, 11) is 0. The van der Waals surface area contributed by atoms with Crippen LogP contribution in [0.3, 0.4) is 0 Å². The van der Waals surface area contributed by atoms with Gasteiger partial charge in [-0.15, -0.1) is 0 Å². The highest BCUT2D eigenvalue weighted by molar-refractivity contribution is 5.91. The molecule has 15 heavy (non-hydrogen) atoms. The summed E-state index contributed by atoms with van der Waals surface area (Å²) in [4.78, 5) is 12.5. The standard InChI is InChI=1S/C14H24O/c1-9(2)11-8-10-6-7-14(11,5)12(15)13(10,3)4/h9-11H,6-8H2,1-5H3. The maximum Gasteiger partial charge on any atom is 0.144 e. The van der Waals surface area contributed by atoms with Gasteiger partial charge in [-0.2, -0.15) is 0 Å². The Morgan fingerprint density at radius 1 is 1.27 bits per heavy atom. The molecule has 3 rings (SSSR count). The van der Waals surface area contributed by atoms with Gasteiger partial charge in [-0.25, -0.2) is 0 Å². The van der Waals surface area contributed by atoms with E-state index in [1.807, 2.05) is 0 Å². The fourth-order valence-electron chi connectivity index (χ4n) is 4.21. The quantitative estimate of drug-likeness (QED) is 0.642. The Morgan fingerprint density at radius 3 is 2.40 bits per heavy atom. The van der Waals surface area contributed by atoms with Crippen LogP contribution in [0.15, 0.2) is 0 Å². The van der Waals surface area contributed by atoms with Crippen molar-refractivity contribution in [2.75, 3.05) is 0 Å². The number of carbonyl (C=O) groups is 1. The summed E-state index contributed by atoms with van der Waals surface area (Å²) in [5.41, 5.74) is -0.0786. The zero-order valence-corrected chi connectivity index (χ0v) is 10.8. The van der Waals surface area contributed by atoms with E-state index in [1.54, 1.807) is 0 Å². The lowest BCUT2D eigenvalue weighted by molar-refractivity contribution is -0.163. The van der Waals surface area contributed by atoms with E-state index in [1.165, 1.54) is 12.8 Å². The van der Waals surface area contributed by atoms with E-state index in [0.717, 1.165) is 6.42 Å². The smallest absolute Gasteiger partial charge is 0.144 e. The molecule has 3 aliphatic rings. The number of Topliss-reactive ketones (excluding diaryl/α,β-unsaturated/α-hetero) is 1. The van der Waals surface area contributed by atoms with E-state index in [-0.39, 0.29) is 10.8 Å². The van der Waals surface area contributed by atoms with Crippen LogP contribution in [-0.2, 0) is 4.79 Å². The molecule has 1 heteroatoms. The molecule has 0 aromatic heterocycles. The summed E-state index contributed by atoms with van der Waals surface area (Å²) in [6, 6.07) is 0. The van der Waals surface area contributed by atoms with E-state index in [2.05, 4.69) is 34.6 Å². The number of fused-ring (bicyclic) bond motifs is 3. The van der Waals surface area contributed by atoms with E-state index < -0.39 is 0 Å². The van der Waals surface area contributed by atoms with Crippen LogP contribution in [0.2, 0.25) is 0 Å². The van der Waals surface area contributed by atoms with Gasteiger partial charge >= 0.3 is 0 Å². The topological polar surface area (TPSA) is 17.1 Å². The van der Waals surface area contributed by atoms with Crippen molar-refractivity contribution in [2.24, 2.45) is 28.6 Å². The van der Waals surface area contributed by atoms with Crippen LogP contribution in [0, 0.1) is 28.6 Å². The number of carbonyl (C=O) groups excluding carboxylic acids is 1. The second kappa shape index (κ2) is 3.09. The second-order valence-corrected chi connectivity index (χ2v) is 6.79. The van der Waals surface area contributed by atoms with E-state index in [0.29, 0.717) is 23.5 Å². The first-order valence-electron chi connectivity index (χ1n) is 6.35. The summed E-state index contributed by atoms with van der Waals surface area (Å²) in [5, 5.41) is 0. The molecule has 0 aliphatic heterocycles. The van der Waals surface area contributed by atoms with Crippen LogP contribution in [-0.4, -0.2) is 5.78 Å². The maximum absolute atomic E-state index is 12.5. The van der Waals surface area contributed by atoms with E-state index in [4.69, 9.17) is 0 Å². The first kappa shape index (κ1) is 11.2. The molecule has 0 spiro atoms. The van der Waals surface area contributed by atoms with E-state index in [9.17, 15) is 4.79 Å². The molecule has 0 N–H and O–H groups in total. The molecule has 3 unspecified atom stereocenters. The lowest BCUT2D eigenvalue weighted by Crippen LogP contribution is -2.58. The third-order valence-electron chi connectivity index (χ3n) is 5.30. The first-order chi connectivity index (χ1) is 6.80. The molecule has 0 amide bonds. The molecule has 3 aliphatic carbocycles. The Labute approximate surface area is 93.6 Å². The zero-order chi connectivity index (χ0) is 11.4. The summed E-state index contributed by atoms with van der Waals surface area (Å²) < 4.78 is 0. The summed E-state index contributed by atoms with van der Waals surface area (Å²) in [6.07, 6.45) is 3.66. The molecule has 1 nitrogen and oxygen atoms in total. The highest BCUT2D eigenvalue weighted by Gasteiger charge is 2.59. The van der Waals surface area contributed by atoms with Crippen molar-refractivity contribution in [3.63, 3.8) is 0 Å². The molecule has 0 heterocycles. The molecular formula is C14H24O. The predicted molar refractivity (Wildman–Crippen MR) is 62.6 cm³/mol. The van der Waals surface area contributed by atoms with Crippen LogP contribution in [0.4, 0.5) is 0 Å². The Bertz CT molecular complexity index is 290. The molecule has 2 bridgehead atoms. The Kier molecular flexibility index (Phi) is 2.30. The molecule has 0 aromatic rings. The second-order valence-electron chi connectivity index (χ2n) is 6.79. The third-order valence-corrected chi connectivity index (χ3v) is 5.30. The van der Waals surface area contributed by atoms with Crippen LogP contribution < -0.4 is 0 Å². The zero-order valence-electron chi connectivity index (χ0n) is 10.8. The van der Waals surface area contributed by atoms with Gasteiger partial charge in [0.15, 0.2) is 0 Å². The Balaban J connectivity index is 2.39. The fourth-order valence-corrected chi connectivity index (χ4v) is 4.21. The van der Waals surface area contributed by atoms with Gasteiger partial charge in [-0.05, 0) is 37.0 Å². The lowest BCUT2D eigenvalue weighted by atomic mass is 9.45. The molecule has 0 saturated heterocycles. The summed E-state index contributed by atoms with van der Waals surface area (Å²) >= 11 is 0. The van der Waals surface area contributed by atoms with Gasteiger partial charge in [0.2, 0.25) is 0 Å². The van der Waals surface area contributed by atoms with Gasteiger partial charge in [-0.1, -0.05) is 34.6 Å². The van der Waals surface area contributed by atoms with Crippen molar-refractivity contribution in [2.45, 2.75) is 53.9 Å². The predicted octanol–water partition coefficient (Wildman–Crippen LogP) is 3.67. The lowest BCUT2D eigenvalue weighted by Gasteiger charge is -2.57. The van der Waals surface area contributed by atoms with Gasteiger partial charge in [0.1, 0.15) is 5.78 Å². The number of hydrogen-bond acceptors (Lipinski definition) is 1. The van der Waals surface area contributed by atoms with Gasteiger partial charge in [-0.3, -0.25) is 4.79 Å². The van der Waals surface area contributed by atoms with Crippen LogP contribution in [0.1, 0.15) is 53.9 Å². The SMILES string of the molecule is CC(C)C1CC2CCC1(C)C(=O)C2(C)C. The molecule has 3 fully saturated rings. The fraction of sp³-hybridized carbons (Fsp3) is 0.929. The van der Waals surface area contributed by atoms with Gasteiger partial charge in [0.25, 0.3) is 0 Å². The normalized spacial score (nSPS) is 43.7. The highest BCUT2D eigenvalue weighted by atomic mass is 16.1. The molecule has 86 valence electrons. The molecule has 0 aromatic carbocycles. The van der Waals surface area contributed by atoms with Crippen LogP contribution in [0.5, 0.6) is 0 Å².